The number of likely N-dealkylation sites (N-methyl/N-ethyl adjacent to an activating group) is 1. The molecule has 2 aliphatic heterocycles. The Balaban J connectivity index is 1.57. The van der Waals surface area contributed by atoms with Gasteiger partial charge in [-0.15, -0.1) is 5.92 Å². The second-order valence-electron chi connectivity index (χ2n) is 9.17. The van der Waals surface area contributed by atoms with E-state index in [0.717, 1.165) is 62.6 Å². The number of nitrogens with zero attached hydrogens (tertiary/aromatic N) is 7. The molecule has 1 fully saturated rings. The maximum absolute atomic E-state index is 13.7. The summed E-state index contributed by atoms with van der Waals surface area (Å²) < 4.78 is 3.45. The van der Waals surface area contributed by atoms with E-state index >= 15 is 0 Å². The summed E-state index contributed by atoms with van der Waals surface area (Å²) in [6, 6.07) is 0.103. The molecule has 0 bridgehead atoms. The smallest absolute Gasteiger partial charge is 0.293 e. The molecular weight excluding hydrogens is 428 g/mol. The van der Waals surface area contributed by atoms with Gasteiger partial charge in [-0.25, -0.2) is 9.67 Å². The van der Waals surface area contributed by atoms with Gasteiger partial charge in [-0.1, -0.05) is 18.1 Å². The lowest BCUT2D eigenvalue weighted by Crippen LogP contribution is -2.44. The first-order valence-corrected chi connectivity index (χ1v) is 12.1. The van der Waals surface area contributed by atoms with Gasteiger partial charge in [-0.05, 0) is 32.6 Å². The minimum Gasteiger partial charge on any atom is -0.375 e. The second kappa shape index (κ2) is 9.47. The summed E-state index contributed by atoms with van der Waals surface area (Å²) in [5, 5.41) is 4.49. The van der Waals surface area contributed by atoms with Crippen LogP contribution in [0.25, 0.3) is 11.0 Å². The van der Waals surface area contributed by atoms with Crippen molar-refractivity contribution in [1.82, 2.24) is 24.2 Å². The maximum Gasteiger partial charge on any atom is 0.293 e. The van der Waals surface area contributed by atoms with Gasteiger partial charge in [0.2, 0.25) is 5.95 Å². The summed E-state index contributed by atoms with van der Waals surface area (Å²) in [6.45, 7) is 5.70. The van der Waals surface area contributed by atoms with Crippen LogP contribution in [0.5, 0.6) is 0 Å². The monoisotopic (exact) mass is 460 g/mol. The number of hydrogen-bond donors (Lipinski definition) is 1. The molecule has 1 saturated heterocycles. The van der Waals surface area contributed by atoms with Crippen LogP contribution in [0, 0.1) is 11.8 Å². The lowest BCUT2D eigenvalue weighted by atomic mass is 9.98. The van der Waals surface area contributed by atoms with Crippen molar-refractivity contribution in [2.75, 3.05) is 38.1 Å². The number of imidazole rings is 1. The fourth-order valence-corrected chi connectivity index (χ4v) is 5.07. The summed E-state index contributed by atoms with van der Waals surface area (Å²) in [7, 11) is 2.12. The first-order valence-electron chi connectivity index (χ1n) is 12.1. The van der Waals surface area contributed by atoms with Crippen LogP contribution in [0.4, 0.5) is 5.95 Å². The molecule has 0 spiro atoms. The standard InChI is InChI=1S/C25H32N8O/c1-3-4-13-32-23-20(29-25(32)31-12-7-8-18(26)16-31)15-28-33(24(23)34)17-21-19-9-5-6-10-22(19)30(2)14-11-27-21/h5,9,15,18H,6-8,10-14,16-17,26H2,1-2H3. The van der Waals surface area contributed by atoms with Gasteiger partial charge in [0.25, 0.3) is 5.56 Å². The molecule has 1 atom stereocenters. The third-order valence-corrected chi connectivity index (χ3v) is 6.84. The highest BCUT2D eigenvalue weighted by Crippen LogP contribution is 2.26. The highest BCUT2D eigenvalue weighted by atomic mass is 16.1. The van der Waals surface area contributed by atoms with E-state index in [1.807, 2.05) is 4.57 Å². The van der Waals surface area contributed by atoms with E-state index < -0.39 is 0 Å². The lowest BCUT2D eigenvalue weighted by Gasteiger charge is -2.31. The Hall–Kier alpha value is -3.38. The normalized spacial score (nSPS) is 20.7. The van der Waals surface area contributed by atoms with Crippen LogP contribution in [0.15, 0.2) is 39.4 Å². The quantitative estimate of drug-likeness (QED) is 0.695. The zero-order valence-corrected chi connectivity index (χ0v) is 20.0. The fourth-order valence-electron chi connectivity index (χ4n) is 5.07. The largest absolute Gasteiger partial charge is 0.375 e. The molecule has 9 nitrogen and oxygen atoms in total. The van der Waals surface area contributed by atoms with E-state index in [-0.39, 0.29) is 11.6 Å². The van der Waals surface area contributed by atoms with Crippen molar-refractivity contribution in [2.45, 2.75) is 51.7 Å². The number of anilines is 1. The second-order valence-corrected chi connectivity index (χ2v) is 9.17. The fraction of sp³-hybridized carbons (Fsp3) is 0.520. The molecule has 34 heavy (non-hydrogen) atoms. The van der Waals surface area contributed by atoms with Crippen molar-refractivity contribution in [3.05, 3.63) is 40.0 Å². The maximum atomic E-state index is 13.7. The van der Waals surface area contributed by atoms with E-state index in [1.54, 1.807) is 13.1 Å². The molecule has 0 amide bonds. The third-order valence-electron chi connectivity index (χ3n) is 6.84. The average Bonchev–Trinajstić information content (AvgIpc) is 3.14. The van der Waals surface area contributed by atoms with Crippen molar-refractivity contribution in [1.29, 1.82) is 0 Å². The van der Waals surface area contributed by atoms with E-state index in [2.05, 4.69) is 45.9 Å². The molecule has 3 aliphatic rings. The van der Waals surface area contributed by atoms with Crippen LogP contribution >= 0.6 is 0 Å². The van der Waals surface area contributed by atoms with E-state index in [9.17, 15) is 4.79 Å². The average molecular weight is 461 g/mol. The van der Waals surface area contributed by atoms with Crippen LogP contribution in [0.1, 0.15) is 32.6 Å². The Morgan fingerprint density at radius 2 is 2.18 bits per heavy atom. The Bertz CT molecular complexity index is 1300. The minimum atomic E-state index is -0.169. The van der Waals surface area contributed by atoms with Crippen molar-refractivity contribution >= 4 is 22.7 Å². The van der Waals surface area contributed by atoms with Crippen molar-refractivity contribution in [3.8, 4) is 11.8 Å². The molecule has 2 aromatic rings. The highest BCUT2D eigenvalue weighted by molar-refractivity contribution is 6.03. The van der Waals surface area contributed by atoms with E-state index in [1.165, 1.54) is 10.4 Å². The topological polar surface area (TPSA) is 97.6 Å². The number of aromatic nitrogens is 4. The Kier molecular flexibility index (Phi) is 6.24. The molecule has 5 rings (SSSR count). The first-order chi connectivity index (χ1) is 16.6. The number of allylic oxidation sites excluding steroid dienone is 4. The summed E-state index contributed by atoms with van der Waals surface area (Å²) in [6.07, 6.45) is 10.0. The molecule has 0 saturated carbocycles. The number of rotatable bonds is 4. The van der Waals surface area contributed by atoms with E-state index in [4.69, 9.17) is 15.7 Å². The number of hydrogen-bond acceptors (Lipinski definition) is 7. The molecule has 9 heteroatoms. The first kappa shape index (κ1) is 22.4. The Morgan fingerprint density at radius 3 is 3.00 bits per heavy atom. The zero-order valence-electron chi connectivity index (χ0n) is 20.0. The number of aliphatic imine (C=N–C) groups is 1. The van der Waals surface area contributed by atoms with Gasteiger partial charge in [0, 0.05) is 44.0 Å². The summed E-state index contributed by atoms with van der Waals surface area (Å²) >= 11 is 0. The van der Waals surface area contributed by atoms with Gasteiger partial charge in [-0.2, -0.15) is 5.10 Å². The van der Waals surface area contributed by atoms with E-state index in [0.29, 0.717) is 30.7 Å². The van der Waals surface area contributed by atoms with Gasteiger partial charge in [0.1, 0.15) is 11.0 Å². The molecule has 1 aliphatic carbocycles. The Labute approximate surface area is 199 Å². The van der Waals surface area contributed by atoms with Crippen molar-refractivity contribution in [3.63, 3.8) is 0 Å². The minimum absolute atomic E-state index is 0.103. The van der Waals surface area contributed by atoms with Gasteiger partial charge in [0.15, 0.2) is 0 Å². The molecule has 2 aromatic heterocycles. The Morgan fingerprint density at radius 1 is 1.29 bits per heavy atom. The van der Waals surface area contributed by atoms with Gasteiger partial charge >= 0.3 is 0 Å². The molecule has 178 valence electrons. The van der Waals surface area contributed by atoms with Crippen LogP contribution in [-0.2, 0) is 13.1 Å². The van der Waals surface area contributed by atoms with Crippen LogP contribution < -0.4 is 16.2 Å². The molecule has 2 N–H and O–H groups in total. The predicted molar refractivity (Wildman–Crippen MR) is 135 cm³/mol. The summed E-state index contributed by atoms with van der Waals surface area (Å²) in [5.74, 6) is 6.81. The van der Waals surface area contributed by atoms with Gasteiger partial charge < -0.3 is 15.5 Å². The molecular formula is C25H32N8O. The molecule has 0 aromatic carbocycles. The van der Waals surface area contributed by atoms with Crippen LogP contribution in [-0.4, -0.2) is 69.2 Å². The number of fused-ring (bicyclic) bond motifs is 1. The summed E-state index contributed by atoms with van der Waals surface area (Å²) in [5.41, 5.74) is 10.5. The van der Waals surface area contributed by atoms with Gasteiger partial charge in [-0.3, -0.25) is 14.4 Å². The number of piperidine rings is 1. The lowest BCUT2D eigenvalue weighted by molar-refractivity contribution is 0.412. The predicted octanol–water partition coefficient (Wildman–Crippen LogP) is 1.53. The molecule has 0 radical (unpaired) electrons. The van der Waals surface area contributed by atoms with Crippen molar-refractivity contribution in [2.24, 2.45) is 10.7 Å². The van der Waals surface area contributed by atoms with Crippen LogP contribution in [0.3, 0.4) is 0 Å². The molecule has 4 heterocycles. The van der Waals surface area contributed by atoms with Gasteiger partial charge in [0.05, 0.1) is 31.5 Å². The zero-order chi connectivity index (χ0) is 23.7. The highest BCUT2D eigenvalue weighted by Gasteiger charge is 2.25. The van der Waals surface area contributed by atoms with Crippen molar-refractivity contribution < 1.29 is 0 Å². The number of nitrogens with two attached hydrogens (primary N) is 1. The molecule has 1 unspecified atom stereocenters. The summed E-state index contributed by atoms with van der Waals surface area (Å²) in [4.78, 5) is 27.8. The third kappa shape index (κ3) is 4.14. The van der Waals surface area contributed by atoms with Crippen LogP contribution in [0.2, 0.25) is 0 Å². The SMILES string of the molecule is CC#CCn1c(N2CCCC(N)C2)nc2cnn(CC3=NCCN(C)C4=C3C=CCC4)c(=O)c21.